The third-order valence-corrected chi connectivity index (χ3v) is 4.58. The van der Waals surface area contributed by atoms with E-state index in [9.17, 15) is 8.42 Å². The number of hydrogen-bond acceptors (Lipinski definition) is 6. The fourth-order valence-corrected chi connectivity index (χ4v) is 2.97. The highest BCUT2D eigenvalue weighted by Gasteiger charge is 2.16. The van der Waals surface area contributed by atoms with Gasteiger partial charge in [-0.1, -0.05) is 0 Å². The molecule has 0 aliphatic carbocycles. The van der Waals surface area contributed by atoms with Gasteiger partial charge in [0.15, 0.2) is 12.4 Å². The molecule has 2 heterocycles. The summed E-state index contributed by atoms with van der Waals surface area (Å²) in [4.78, 5) is 4.17. The Bertz CT molecular complexity index is 639. The number of aromatic nitrogens is 3. The second-order valence-electron chi connectivity index (χ2n) is 3.32. The molecule has 0 radical (unpaired) electrons. The second kappa shape index (κ2) is 5.39. The minimum atomic E-state index is -3.52. The van der Waals surface area contributed by atoms with Gasteiger partial charge in [-0.3, -0.25) is 4.18 Å². The van der Waals surface area contributed by atoms with Crippen LogP contribution in [0.25, 0.3) is 10.6 Å². The van der Waals surface area contributed by atoms with Crippen LogP contribution in [0.5, 0.6) is 0 Å². The van der Waals surface area contributed by atoms with Crippen LogP contribution in [0.2, 0.25) is 0 Å². The maximum Gasteiger partial charge on any atom is 0.329 e. The maximum absolute atomic E-state index is 11.3. The Morgan fingerprint density at radius 2 is 2.11 bits per heavy atom. The molecule has 0 aliphatic heterocycles. The lowest BCUT2D eigenvalue weighted by molar-refractivity contribution is -0.678. The molecule has 0 aliphatic rings. The van der Waals surface area contributed by atoms with E-state index in [1.165, 1.54) is 16.1 Å². The Kier molecular flexibility index (Phi) is 4.05. The summed E-state index contributed by atoms with van der Waals surface area (Å²) in [5.41, 5.74) is 0.879. The zero-order valence-electron chi connectivity index (χ0n) is 9.28. The van der Waals surface area contributed by atoms with Crippen molar-refractivity contribution in [2.45, 2.75) is 5.88 Å². The van der Waals surface area contributed by atoms with Crippen LogP contribution in [0.4, 0.5) is 0 Å². The van der Waals surface area contributed by atoms with Gasteiger partial charge in [-0.15, -0.1) is 0 Å². The van der Waals surface area contributed by atoms with Crippen molar-refractivity contribution in [2.75, 3.05) is 7.11 Å². The highest BCUT2D eigenvalue weighted by Crippen LogP contribution is 2.21. The summed E-state index contributed by atoms with van der Waals surface area (Å²) >= 11 is 4.45. The van der Waals surface area contributed by atoms with Crippen LogP contribution in [0, 0.1) is 0 Å². The summed E-state index contributed by atoms with van der Waals surface area (Å²) < 4.78 is 33.0. The van der Waals surface area contributed by atoms with Gasteiger partial charge in [-0.25, -0.2) is 4.98 Å². The molecule has 6 nitrogen and oxygen atoms in total. The lowest BCUT2D eigenvalue weighted by atomic mass is 10.3. The first-order chi connectivity index (χ1) is 8.50. The van der Waals surface area contributed by atoms with E-state index in [-0.39, 0.29) is 5.88 Å². The first-order valence-corrected chi connectivity index (χ1v) is 7.91. The van der Waals surface area contributed by atoms with Gasteiger partial charge < -0.3 is 0 Å². The average molecular weight is 351 g/mol. The molecule has 9 heteroatoms. The van der Waals surface area contributed by atoms with E-state index in [4.69, 9.17) is 0 Å². The molecule has 18 heavy (non-hydrogen) atoms. The van der Waals surface area contributed by atoms with Crippen molar-refractivity contribution < 1.29 is 17.2 Å². The SMILES string of the molecule is COS(=O)(=O)C[n+]1ccc(-c2nc(Br)ns2)cc1. The zero-order valence-corrected chi connectivity index (χ0v) is 12.5. The second-order valence-corrected chi connectivity index (χ2v) is 6.49. The Labute approximate surface area is 117 Å². The van der Waals surface area contributed by atoms with Crippen molar-refractivity contribution >= 4 is 37.6 Å². The molecule has 2 aromatic rings. The Hall–Kier alpha value is -0.900. The van der Waals surface area contributed by atoms with Gasteiger partial charge in [0, 0.05) is 17.7 Å². The fraction of sp³-hybridized carbons (Fsp3) is 0.222. The predicted octanol–water partition coefficient (Wildman–Crippen LogP) is 1.19. The topological polar surface area (TPSA) is 73.0 Å². The summed E-state index contributed by atoms with van der Waals surface area (Å²) in [5, 5.41) is 0.767. The molecule has 0 atom stereocenters. The molecule has 0 bridgehead atoms. The molecule has 0 saturated heterocycles. The standard InChI is InChI=1S/C9H9BrN3O3S2/c1-16-18(14,15)6-13-4-2-7(3-5-13)8-11-9(10)12-17-8/h2-5H,6H2,1H3/q+1. The molecular formula is C9H9BrN3O3S2+. The van der Waals surface area contributed by atoms with Crippen LogP contribution < -0.4 is 4.57 Å². The highest BCUT2D eigenvalue weighted by molar-refractivity contribution is 9.10. The van der Waals surface area contributed by atoms with E-state index in [1.807, 2.05) is 0 Å². The zero-order chi connectivity index (χ0) is 13.2. The van der Waals surface area contributed by atoms with Crippen molar-refractivity contribution in [3.8, 4) is 10.6 Å². The van der Waals surface area contributed by atoms with Gasteiger partial charge in [0.05, 0.1) is 7.11 Å². The molecule has 0 saturated carbocycles. The van der Waals surface area contributed by atoms with E-state index in [1.54, 1.807) is 24.5 Å². The maximum atomic E-state index is 11.3. The summed E-state index contributed by atoms with van der Waals surface area (Å²) in [6.07, 6.45) is 3.31. The molecular weight excluding hydrogens is 342 g/mol. The normalized spacial score (nSPS) is 11.7. The van der Waals surface area contributed by atoms with Crippen LogP contribution >= 0.6 is 27.5 Å². The van der Waals surface area contributed by atoms with Gasteiger partial charge in [0.1, 0.15) is 5.01 Å². The van der Waals surface area contributed by atoms with Gasteiger partial charge in [0.25, 0.3) is 5.88 Å². The molecule has 2 rings (SSSR count). The van der Waals surface area contributed by atoms with Crippen molar-refractivity contribution in [3.63, 3.8) is 0 Å². The Morgan fingerprint density at radius 3 is 2.61 bits per heavy atom. The van der Waals surface area contributed by atoms with Gasteiger partial charge in [-0.05, 0) is 27.5 Å². The van der Waals surface area contributed by atoms with Crippen molar-refractivity contribution in [2.24, 2.45) is 0 Å². The monoisotopic (exact) mass is 350 g/mol. The van der Waals surface area contributed by atoms with Crippen molar-refractivity contribution in [1.82, 2.24) is 9.36 Å². The van der Waals surface area contributed by atoms with E-state index in [2.05, 4.69) is 29.5 Å². The quantitative estimate of drug-likeness (QED) is 0.611. The molecule has 0 aromatic carbocycles. The minimum absolute atomic E-state index is 0.219. The molecule has 0 amide bonds. The molecule has 0 spiro atoms. The van der Waals surface area contributed by atoms with E-state index >= 15 is 0 Å². The molecule has 0 unspecified atom stereocenters. The van der Waals surface area contributed by atoms with Gasteiger partial charge in [-0.2, -0.15) is 17.4 Å². The van der Waals surface area contributed by atoms with E-state index in [0.717, 1.165) is 17.7 Å². The first kappa shape index (κ1) is 13.5. The number of nitrogens with zero attached hydrogens (tertiary/aromatic N) is 3. The molecule has 0 fully saturated rings. The first-order valence-electron chi connectivity index (χ1n) is 4.77. The average Bonchev–Trinajstić information content (AvgIpc) is 2.76. The summed E-state index contributed by atoms with van der Waals surface area (Å²) in [6, 6.07) is 3.55. The Morgan fingerprint density at radius 1 is 1.44 bits per heavy atom. The van der Waals surface area contributed by atoms with Crippen molar-refractivity contribution in [3.05, 3.63) is 29.3 Å². The fourth-order valence-electron chi connectivity index (χ4n) is 1.24. The third kappa shape index (κ3) is 3.31. The van der Waals surface area contributed by atoms with Gasteiger partial charge >= 0.3 is 10.1 Å². The lowest BCUT2D eigenvalue weighted by Crippen LogP contribution is -2.37. The Balaban J connectivity index is 2.20. The number of rotatable bonds is 4. The van der Waals surface area contributed by atoms with Crippen molar-refractivity contribution in [1.29, 1.82) is 0 Å². The smallest absolute Gasteiger partial charge is 0.269 e. The van der Waals surface area contributed by atoms with Crippen LogP contribution in [-0.4, -0.2) is 24.9 Å². The molecule has 2 aromatic heterocycles. The largest absolute Gasteiger partial charge is 0.329 e. The number of pyridine rings is 1. The summed E-state index contributed by atoms with van der Waals surface area (Å²) in [5.74, 6) is -0.219. The summed E-state index contributed by atoms with van der Waals surface area (Å²) in [6.45, 7) is 0. The molecule has 0 N–H and O–H groups in total. The number of halogens is 1. The van der Waals surface area contributed by atoms with Crippen LogP contribution in [-0.2, 0) is 20.2 Å². The third-order valence-electron chi connectivity index (χ3n) is 2.10. The van der Waals surface area contributed by atoms with Gasteiger partial charge in [0.2, 0.25) is 4.73 Å². The van der Waals surface area contributed by atoms with Crippen LogP contribution in [0.1, 0.15) is 0 Å². The van der Waals surface area contributed by atoms with Crippen LogP contribution in [0.3, 0.4) is 0 Å². The van der Waals surface area contributed by atoms with E-state index < -0.39 is 10.1 Å². The van der Waals surface area contributed by atoms with E-state index in [0.29, 0.717) is 4.73 Å². The lowest BCUT2D eigenvalue weighted by Gasteiger charge is -1.98. The summed E-state index contributed by atoms with van der Waals surface area (Å²) in [7, 11) is -2.37. The highest BCUT2D eigenvalue weighted by atomic mass is 79.9. The molecule has 96 valence electrons. The minimum Gasteiger partial charge on any atom is -0.269 e. The van der Waals surface area contributed by atoms with Crippen LogP contribution in [0.15, 0.2) is 29.3 Å². The number of hydrogen-bond donors (Lipinski definition) is 0. The predicted molar refractivity (Wildman–Crippen MR) is 69.2 cm³/mol.